The molecular weight excluding hydrogens is 246 g/mol. The number of allylic oxidation sites excluding steroid dienone is 3. The summed E-state index contributed by atoms with van der Waals surface area (Å²) in [6, 6.07) is 12.2. The number of benzene rings is 1. The Kier molecular flexibility index (Phi) is 7.12. The molecule has 2 nitrogen and oxygen atoms in total. The van der Waals surface area contributed by atoms with Crippen LogP contribution in [0, 0.1) is 0 Å². The van der Waals surface area contributed by atoms with E-state index in [4.69, 9.17) is 4.74 Å². The van der Waals surface area contributed by atoms with Crippen LogP contribution in [-0.4, -0.2) is 4.98 Å². The van der Waals surface area contributed by atoms with Crippen LogP contribution in [0.15, 0.2) is 60.4 Å². The maximum absolute atomic E-state index is 5.68. The lowest BCUT2D eigenvalue weighted by molar-refractivity contribution is 0.207. The molecule has 0 aliphatic heterocycles. The summed E-state index contributed by atoms with van der Waals surface area (Å²) in [5, 5.41) is 1.15. The summed E-state index contributed by atoms with van der Waals surface area (Å²) in [6.07, 6.45) is 5.85. The Hall–Kier alpha value is -2.09. The van der Waals surface area contributed by atoms with Gasteiger partial charge in [0.25, 0.3) is 0 Å². The van der Waals surface area contributed by atoms with Gasteiger partial charge in [-0.1, -0.05) is 44.2 Å². The number of nitrogens with zero attached hydrogens (tertiary/aromatic N) is 1. The molecule has 0 radical (unpaired) electrons. The molecule has 1 heterocycles. The van der Waals surface area contributed by atoms with Gasteiger partial charge in [0.1, 0.15) is 12.4 Å². The molecule has 106 valence electrons. The Labute approximate surface area is 121 Å². The fourth-order valence-electron chi connectivity index (χ4n) is 1.74. The number of hydrogen-bond acceptors (Lipinski definition) is 2. The normalized spacial score (nSPS) is 11.3. The van der Waals surface area contributed by atoms with Crippen LogP contribution in [0.1, 0.15) is 33.4 Å². The Bertz CT molecular complexity index is 585. The minimum Gasteiger partial charge on any atom is -0.488 e. The van der Waals surface area contributed by atoms with Crippen molar-refractivity contribution in [2.75, 3.05) is 0 Å². The van der Waals surface area contributed by atoms with E-state index in [1.807, 2.05) is 70.2 Å². The Morgan fingerprint density at radius 1 is 1.10 bits per heavy atom. The lowest BCUT2D eigenvalue weighted by Crippen LogP contribution is -1.95. The zero-order valence-electron chi connectivity index (χ0n) is 12.8. The molecule has 2 aromatic rings. The zero-order chi connectivity index (χ0) is 14.8. The average Bonchev–Trinajstić information content (AvgIpc) is 2.53. The highest BCUT2D eigenvalue weighted by atomic mass is 16.5. The van der Waals surface area contributed by atoms with E-state index in [2.05, 4.69) is 17.1 Å². The maximum Gasteiger partial charge on any atom is 0.130 e. The van der Waals surface area contributed by atoms with Gasteiger partial charge in [-0.25, -0.2) is 4.98 Å². The van der Waals surface area contributed by atoms with E-state index in [0.29, 0.717) is 6.61 Å². The van der Waals surface area contributed by atoms with Gasteiger partial charge in [0.05, 0.1) is 11.2 Å². The predicted octanol–water partition coefficient (Wildman–Crippen LogP) is 5.26. The monoisotopic (exact) mass is 269 g/mol. The van der Waals surface area contributed by atoms with Crippen LogP contribution in [0.25, 0.3) is 10.9 Å². The van der Waals surface area contributed by atoms with Gasteiger partial charge in [0.15, 0.2) is 0 Å². The number of para-hydroxylation sites is 1. The van der Waals surface area contributed by atoms with Crippen molar-refractivity contribution < 1.29 is 4.74 Å². The third-order valence-corrected chi connectivity index (χ3v) is 2.66. The third-order valence-electron chi connectivity index (χ3n) is 2.66. The second kappa shape index (κ2) is 8.92. The maximum atomic E-state index is 5.68. The molecule has 2 rings (SSSR count). The average molecular weight is 269 g/mol. The molecule has 0 saturated heterocycles. The van der Waals surface area contributed by atoms with Crippen LogP contribution in [-0.2, 0) is 11.3 Å². The third kappa shape index (κ3) is 4.54. The standard InChI is InChI=1S/C16H17NO.C2H6/c1-3-7-15(4-2)18-12-14-11-10-13-8-5-6-9-16(13)17-14;1-2/h3-11H,12H2,1-2H3;1-2H3/b7-3-,15-4+;. The number of aromatic nitrogens is 1. The Morgan fingerprint density at radius 3 is 2.55 bits per heavy atom. The van der Waals surface area contributed by atoms with Gasteiger partial charge in [-0.15, -0.1) is 0 Å². The number of pyridine rings is 1. The summed E-state index contributed by atoms with van der Waals surface area (Å²) < 4.78 is 5.68. The lowest BCUT2D eigenvalue weighted by atomic mass is 10.2. The molecule has 0 atom stereocenters. The summed E-state index contributed by atoms with van der Waals surface area (Å²) in [7, 11) is 0. The highest BCUT2D eigenvalue weighted by Gasteiger charge is 1.99. The predicted molar refractivity (Wildman–Crippen MR) is 86.5 cm³/mol. The van der Waals surface area contributed by atoms with Crippen LogP contribution >= 0.6 is 0 Å². The van der Waals surface area contributed by atoms with Crippen LogP contribution in [0.5, 0.6) is 0 Å². The summed E-state index contributed by atoms with van der Waals surface area (Å²) >= 11 is 0. The van der Waals surface area contributed by atoms with Crippen molar-refractivity contribution in [2.45, 2.75) is 34.3 Å². The summed E-state index contributed by atoms with van der Waals surface area (Å²) in [5.74, 6) is 0.868. The van der Waals surface area contributed by atoms with Gasteiger partial charge >= 0.3 is 0 Å². The molecule has 0 bridgehead atoms. The first kappa shape index (κ1) is 16.0. The highest BCUT2D eigenvalue weighted by molar-refractivity contribution is 5.78. The molecule has 0 spiro atoms. The molecule has 1 aromatic heterocycles. The summed E-state index contributed by atoms with van der Waals surface area (Å²) in [5.41, 5.74) is 1.95. The van der Waals surface area contributed by atoms with Crippen molar-refractivity contribution in [1.29, 1.82) is 0 Å². The summed E-state index contributed by atoms with van der Waals surface area (Å²) in [6.45, 7) is 8.43. The fourth-order valence-corrected chi connectivity index (χ4v) is 1.74. The Morgan fingerprint density at radius 2 is 1.85 bits per heavy atom. The van der Waals surface area contributed by atoms with Gasteiger partial charge in [0.2, 0.25) is 0 Å². The highest BCUT2D eigenvalue weighted by Crippen LogP contribution is 2.13. The topological polar surface area (TPSA) is 22.1 Å². The van der Waals surface area contributed by atoms with Gasteiger partial charge in [-0.05, 0) is 38.1 Å². The summed E-state index contributed by atoms with van der Waals surface area (Å²) in [4.78, 5) is 4.57. The molecule has 0 saturated carbocycles. The van der Waals surface area contributed by atoms with Crippen molar-refractivity contribution in [3.63, 3.8) is 0 Å². The van der Waals surface area contributed by atoms with Gasteiger partial charge in [-0.3, -0.25) is 0 Å². The first-order valence-corrected chi connectivity index (χ1v) is 7.10. The minimum atomic E-state index is 0.495. The van der Waals surface area contributed by atoms with Crippen molar-refractivity contribution in [1.82, 2.24) is 4.98 Å². The smallest absolute Gasteiger partial charge is 0.130 e. The van der Waals surface area contributed by atoms with Crippen LogP contribution in [0.3, 0.4) is 0 Å². The van der Waals surface area contributed by atoms with Crippen molar-refractivity contribution in [3.05, 3.63) is 66.1 Å². The van der Waals surface area contributed by atoms with Crippen molar-refractivity contribution in [2.24, 2.45) is 0 Å². The van der Waals surface area contributed by atoms with Crippen LogP contribution in [0.2, 0.25) is 0 Å². The fraction of sp³-hybridized carbons (Fsp3) is 0.278. The quantitative estimate of drug-likeness (QED) is 0.558. The second-order valence-corrected chi connectivity index (χ2v) is 3.98. The number of hydrogen-bond donors (Lipinski definition) is 0. The zero-order valence-corrected chi connectivity index (χ0v) is 12.8. The van der Waals surface area contributed by atoms with Gasteiger partial charge in [0, 0.05) is 5.39 Å². The molecule has 20 heavy (non-hydrogen) atoms. The molecule has 0 unspecified atom stereocenters. The second-order valence-electron chi connectivity index (χ2n) is 3.98. The van der Waals surface area contributed by atoms with E-state index in [1.165, 1.54) is 0 Å². The van der Waals surface area contributed by atoms with E-state index < -0.39 is 0 Å². The molecule has 0 aliphatic rings. The van der Waals surface area contributed by atoms with Crippen molar-refractivity contribution >= 4 is 10.9 Å². The number of ether oxygens (including phenoxy) is 1. The van der Waals surface area contributed by atoms with Gasteiger partial charge in [-0.2, -0.15) is 0 Å². The van der Waals surface area contributed by atoms with E-state index in [9.17, 15) is 0 Å². The lowest BCUT2D eigenvalue weighted by Gasteiger charge is -2.07. The van der Waals surface area contributed by atoms with E-state index in [1.54, 1.807) is 0 Å². The largest absolute Gasteiger partial charge is 0.488 e. The van der Waals surface area contributed by atoms with E-state index >= 15 is 0 Å². The van der Waals surface area contributed by atoms with E-state index in [-0.39, 0.29) is 0 Å². The molecule has 0 N–H and O–H groups in total. The number of fused-ring (bicyclic) bond motifs is 1. The molecule has 0 fully saturated rings. The first-order valence-electron chi connectivity index (χ1n) is 7.10. The molecule has 0 amide bonds. The van der Waals surface area contributed by atoms with Crippen molar-refractivity contribution in [3.8, 4) is 0 Å². The van der Waals surface area contributed by atoms with E-state index in [0.717, 1.165) is 22.4 Å². The molecule has 0 aliphatic carbocycles. The minimum absolute atomic E-state index is 0.495. The van der Waals surface area contributed by atoms with Crippen LogP contribution < -0.4 is 0 Å². The van der Waals surface area contributed by atoms with Crippen LogP contribution in [0.4, 0.5) is 0 Å². The molecule has 1 aromatic carbocycles. The number of rotatable bonds is 4. The van der Waals surface area contributed by atoms with Gasteiger partial charge < -0.3 is 4.74 Å². The SMILES string of the molecule is C/C=C\C(=C/C)OCc1ccc2ccccc2n1.CC. The first-order chi connectivity index (χ1) is 9.83. The molecular formula is C18H23NO. The Balaban J connectivity index is 0.000000956. The molecule has 2 heteroatoms.